The van der Waals surface area contributed by atoms with E-state index in [0.29, 0.717) is 29.4 Å². The van der Waals surface area contributed by atoms with Crippen molar-refractivity contribution in [2.75, 3.05) is 54.8 Å². The fraction of sp³-hybridized carbons (Fsp3) is 0.393. The second-order valence-electron chi connectivity index (χ2n) is 9.73. The van der Waals surface area contributed by atoms with Crippen molar-refractivity contribution in [3.63, 3.8) is 0 Å². The first-order chi connectivity index (χ1) is 18.5. The van der Waals surface area contributed by atoms with E-state index in [1.54, 1.807) is 18.3 Å². The number of anilines is 3. The van der Waals surface area contributed by atoms with Crippen molar-refractivity contribution in [1.29, 1.82) is 5.26 Å². The maximum atomic E-state index is 10.3. The summed E-state index contributed by atoms with van der Waals surface area (Å²) in [6, 6.07) is 13.5. The van der Waals surface area contributed by atoms with Gasteiger partial charge >= 0.3 is 0 Å². The number of nitrogens with two attached hydrogens (primary N) is 1. The number of likely N-dealkylation sites (tertiary alicyclic amines) is 1. The number of phenols is 1. The molecule has 0 bridgehead atoms. The van der Waals surface area contributed by atoms with Crippen molar-refractivity contribution in [3.05, 3.63) is 48.4 Å². The first-order valence-electron chi connectivity index (χ1n) is 12.9. The van der Waals surface area contributed by atoms with Crippen molar-refractivity contribution in [1.82, 2.24) is 25.1 Å². The van der Waals surface area contributed by atoms with E-state index in [2.05, 4.69) is 54.7 Å². The first-order valence-corrected chi connectivity index (χ1v) is 12.9. The molecule has 2 aromatic heterocycles. The SMILES string of the molecule is CC1CCN(c2cc(-c3ccccc3O)nnc2N)CCN1c1ccnc(C#CCN2CCC(C#N)C2)n1. The van der Waals surface area contributed by atoms with Gasteiger partial charge in [0.1, 0.15) is 11.6 Å². The minimum Gasteiger partial charge on any atom is -0.507 e. The maximum absolute atomic E-state index is 10.3. The Balaban J connectivity index is 1.29. The number of benzene rings is 1. The van der Waals surface area contributed by atoms with Gasteiger partial charge in [0.25, 0.3) is 0 Å². The van der Waals surface area contributed by atoms with Gasteiger partial charge in [-0.1, -0.05) is 18.1 Å². The van der Waals surface area contributed by atoms with Gasteiger partial charge in [-0.3, -0.25) is 4.90 Å². The molecule has 0 spiro atoms. The number of nitriles is 1. The Bertz CT molecular complexity index is 1390. The van der Waals surface area contributed by atoms with Gasteiger partial charge in [0, 0.05) is 50.5 Å². The third-order valence-electron chi connectivity index (χ3n) is 7.17. The minimum absolute atomic E-state index is 0.107. The third kappa shape index (κ3) is 5.61. The molecule has 0 amide bonds. The molecule has 1 aromatic carbocycles. The van der Waals surface area contributed by atoms with Crippen LogP contribution >= 0.6 is 0 Å². The number of para-hydroxylation sites is 1. The monoisotopic (exact) mass is 509 g/mol. The summed E-state index contributed by atoms with van der Waals surface area (Å²) in [4.78, 5) is 15.8. The van der Waals surface area contributed by atoms with Gasteiger partial charge in [-0.2, -0.15) is 5.26 Å². The fourth-order valence-electron chi connectivity index (χ4n) is 4.99. The summed E-state index contributed by atoms with van der Waals surface area (Å²) in [6.45, 7) is 6.75. The highest BCUT2D eigenvalue weighted by molar-refractivity contribution is 5.74. The Morgan fingerprint density at radius 2 is 1.97 bits per heavy atom. The minimum atomic E-state index is 0.107. The number of nitrogens with zero attached hydrogens (tertiary/aromatic N) is 8. The third-order valence-corrected chi connectivity index (χ3v) is 7.17. The zero-order valence-corrected chi connectivity index (χ0v) is 21.5. The molecule has 0 saturated carbocycles. The predicted molar refractivity (Wildman–Crippen MR) is 146 cm³/mol. The molecule has 2 saturated heterocycles. The lowest BCUT2D eigenvalue weighted by molar-refractivity contribution is 0.375. The number of aromatic nitrogens is 4. The Kier molecular flexibility index (Phi) is 7.52. The van der Waals surface area contributed by atoms with E-state index >= 15 is 0 Å². The largest absolute Gasteiger partial charge is 0.507 e. The molecule has 0 aliphatic carbocycles. The number of hydrogen-bond acceptors (Lipinski definition) is 10. The summed E-state index contributed by atoms with van der Waals surface area (Å²) >= 11 is 0. The van der Waals surface area contributed by atoms with Crippen molar-refractivity contribution in [2.45, 2.75) is 25.8 Å². The van der Waals surface area contributed by atoms with E-state index in [1.165, 1.54) is 0 Å². The van der Waals surface area contributed by atoms with Crippen LogP contribution in [0.4, 0.5) is 17.3 Å². The Morgan fingerprint density at radius 1 is 1.11 bits per heavy atom. The smallest absolute Gasteiger partial charge is 0.206 e. The average molecular weight is 510 g/mol. The summed E-state index contributed by atoms with van der Waals surface area (Å²) in [5.41, 5.74) is 8.26. The fourth-order valence-corrected chi connectivity index (χ4v) is 4.99. The predicted octanol–water partition coefficient (Wildman–Crippen LogP) is 2.52. The molecule has 2 unspecified atom stereocenters. The zero-order chi connectivity index (χ0) is 26.5. The summed E-state index contributed by atoms with van der Waals surface area (Å²) in [5.74, 6) is 8.24. The highest BCUT2D eigenvalue weighted by Crippen LogP contribution is 2.32. The van der Waals surface area contributed by atoms with E-state index in [-0.39, 0.29) is 17.7 Å². The summed E-state index contributed by atoms with van der Waals surface area (Å²) < 4.78 is 0. The number of rotatable bonds is 4. The van der Waals surface area contributed by atoms with Gasteiger partial charge in [0.15, 0.2) is 5.82 Å². The van der Waals surface area contributed by atoms with Crippen LogP contribution in [0.3, 0.4) is 0 Å². The van der Waals surface area contributed by atoms with Gasteiger partial charge in [-0.15, -0.1) is 10.2 Å². The highest BCUT2D eigenvalue weighted by atomic mass is 16.3. The van der Waals surface area contributed by atoms with Gasteiger partial charge in [0.05, 0.1) is 29.9 Å². The van der Waals surface area contributed by atoms with Crippen molar-refractivity contribution < 1.29 is 5.11 Å². The normalized spacial score (nSPS) is 19.9. The molecule has 10 heteroatoms. The van der Waals surface area contributed by atoms with Crippen molar-refractivity contribution in [3.8, 4) is 34.9 Å². The van der Waals surface area contributed by atoms with Crippen LogP contribution < -0.4 is 15.5 Å². The number of nitrogen functional groups attached to an aromatic ring is 1. The van der Waals surface area contributed by atoms with Gasteiger partial charge < -0.3 is 20.6 Å². The summed E-state index contributed by atoms with van der Waals surface area (Å²) in [5, 5.41) is 27.8. The lowest BCUT2D eigenvalue weighted by Gasteiger charge is -2.28. The van der Waals surface area contributed by atoms with Crippen LogP contribution in [0.2, 0.25) is 0 Å². The second kappa shape index (κ2) is 11.3. The van der Waals surface area contributed by atoms with E-state index in [4.69, 9.17) is 16.0 Å². The lowest BCUT2D eigenvalue weighted by Crippen LogP contribution is -2.35. The molecule has 2 fully saturated rings. The van der Waals surface area contributed by atoms with E-state index in [0.717, 1.165) is 57.1 Å². The standard InChI is InChI=1S/C28H31N9O/c1-20-9-14-36(24-17-23(33-34-28(24)30)22-5-2-3-6-25(22)38)15-16-37(20)27-8-11-31-26(32-27)7-4-12-35-13-10-21(18-29)19-35/h2-3,5-6,8,11,17,20-21,38H,9-10,12-16,19H2,1H3,(H2,30,34). The molecular formula is C28H31N9O. The van der Waals surface area contributed by atoms with Crippen LogP contribution in [0.25, 0.3) is 11.3 Å². The van der Waals surface area contributed by atoms with Crippen LogP contribution in [0.1, 0.15) is 25.6 Å². The quantitative estimate of drug-likeness (QED) is 0.506. The van der Waals surface area contributed by atoms with E-state index in [1.807, 2.05) is 24.3 Å². The number of hydrogen-bond donors (Lipinski definition) is 2. The van der Waals surface area contributed by atoms with Crippen LogP contribution in [0, 0.1) is 29.1 Å². The van der Waals surface area contributed by atoms with Gasteiger partial charge in [-0.25, -0.2) is 9.97 Å². The molecule has 2 atom stereocenters. The zero-order valence-electron chi connectivity index (χ0n) is 21.5. The highest BCUT2D eigenvalue weighted by Gasteiger charge is 2.25. The lowest BCUT2D eigenvalue weighted by atomic mass is 10.1. The molecule has 5 rings (SSSR count). The molecule has 4 heterocycles. The van der Waals surface area contributed by atoms with Crippen LogP contribution in [-0.2, 0) is 0 Å². The van der Waals surface area contributed by atoms with Crippen LogP contribution in [0.5, 0.6) is 5.75 Å². The van der Waals surface area contributed by atoms with Gasteiger partial charge in [-0.05, 0) is 50.0 Å². The Hall–Kier alpha value is -4.41. The average Bonchev–Trinajstić information content (AvgIpc) is 3.31. The molecule has 3 N–H and O–H groups in total. The maximum Gasteiger partial charge on any atom is 0.206 e. The molecule has 2 aliphatic rings. The van der Waals surface area contributed by atoms with Crippen molar-refractivity contribution >= 4 is 17.3 Å². The molecule has 10 nitrogen and oxygen atoms in total. The Labute approximate surface area is 222 Å². The topological polar surface area (TPSA) is 131 Å². The first kappa shape index (κ1) is 25.2. The van der Waals surface area contributed by atoms with Crippen LogP contribution in [0.15, 0.2) is 42.6 Å². The second-order valence-corrected chi connectivity index (χ2v) is 9.73. The molecular weight excluding hydrogens is 478 g/mol. The molecule has 2 aliphatic heterocycles. The molecule has 0 radical (unpaired) electrons. The van der Waals surface area contributed by atoms with E-state index < -0.39 is 0 Å². The summed E-state index contributed by atoms with van der Waals surface area (Å²) in [7, 11) is 0. The van der Waals surface area contributed by atoms with Crippen LogP contribution in [-0.4, -0.2) is 75.5 Å². The van der Waals surface area contributed by atoms with Gasteiger partial charge in [0.2, 0.25) is 5.82 Å². The number of aromatic hydroxyl groups is 1. The molecule has 194 valence electrons. The Morgan fingerprint density at radius 3 is 2.79 bits per heavy atom. The molecule has 38 heavy (non-hydrogen) atoms. The van der Waals surface area contributed by atoms with Crippen molar-refractivity contribution in [2.24, 2.45) is 5.92 Å². The number of phenolic OH excluding ortho intramolecular Hbond substituents is 1. The molecule has 3 aromatic rings. The summed E-state index contributed by atoms with van der Waals surface area (Å²) in [6.07, 6.45) is 3.56. The van der Waals surface area contributed by atoms with E-state index in [9.17, 15) is 5.11 Å².